The van der Waals surface area contributed by atoms with E-state index in [1.165, 1.54) is 0 Å². The minimum Gasteiger partial charge on any atom is -0.377 e. The smallest absolute Gasteiger partial charge is 0.274 e. The summed E-state index contributed by atoms with van der Waals surface area (Å²) < 4.78 is 7.12. The number of nitrogens with zero attached hydrogens (tertiary/aromatic N) is 3. The largest absolute Gasteiger partial charge is 0.377 e. The first-order valence-electron chi connectivity index (χ1n) is 6.68. The first kappa shape index (κ1) is 13.8. The van der Waals surface area contributed by atoms with Crippen molar-refractivity contribution < 1.29 is 9.53 Å². The monoisotopic (exact) mass is 263 g/mol. The van der Waals surface area contributed by atoms with Crippen LogP contribution in [0, 0.1) is 5.92 Å². The normalized spacial score (nSPS) is 16.6. The molecule has 5 nitrogen and oxygen atoms in total. The highest BCUT2D eigenvalue weighted by Gasteiger charge is 2.24. The van der Waals surface area contributed by atoms with Crippen LogP contribution in [0.1, 0.15) is 23.3 Å². The van der Waals surface area contributed by atoms with Crippen LogP contribution in [-0.2, 0) is 11.8 Å². The predicted octanol–water partition coefficient (Wildman–Crippen LogP) is 1.47. The Labute approximate surface area is 113 Å². The van der Waals surface area contributed by atoms with E-state index in [4.69, 9.17) is 4.74 Å². The number of carbonyl (C=O) groups excluding carboxylic acids is 1. The highest BCUT2D eigenvalue weighted by Crippen LogP contribution is 2.18. The van der Waals surface area contributed by atoms with Crippen LogP contribution in [0.2, 0.25) is 0 Å². The van der Waals surface area contributed by atoms with E-state index >= 15 is 0 Å². The molecule has 1 amide bonds. The van der Waals surface area contributed by atoms with Crippen LogP contribution in [0.25, 0.3) is 0 Å². The van der Waals surface area contributed by atoms with Crippen molar-refractivity contribution in [2.75, 3.05) is 26.3 Å². The SMILES string of the molecule is C=CCOCC1CCN(C(=O)c2ccn(C)n2)CC1. The van der Waals surface area contributed by atoms with Crippen LogP contribution >= 0.6 is 0 Å². The average molecular weight is 263 g/mol. The first-order valence-corrected chi connectivity index (χ1v) is 6.68. The van der Waals surface area contributed by atoms with Gasteiger partial charge in [0.1, 0.15) is 5.69 Å². The van der Waals surface area contributed by atoms with Gasteiger partial charge in [0.05, 0.1) is 6.61 Å². The molecule has 1 aliphatic heterocycles. The molecule has 1 aliphatic rings. The summed E-state index contributed by atoms with van der Waals surface area (Å²) in [5.41, 5.74) is 0.531. The molecule has 1 fully saturated rings. The Morgan fingerprint density at radius 1 is 1.58 bits per heavy atom. The molecule has 0 spiro atoms. The predicted molar refractivity (Wildman–Crippen MR) is 72.9 cm³/mol. The summed E-state index contributed by atoms with van der Waals surface area (Å²) in [7, 11) is 1.82. The standard InChI is InChI=1S/C14H21N3O2/c1-3-10-19-11-12-4-8-17(9-5-12)14(18)13-6-7-16(2)15-13/h3,6-7,12H,1,4-5,8-11H2,2H3. The number of carbonyl (C=O) groups is 1. The number of rotatable bonds is 5. The zero-order valence-corrected chi connectivity index (χ0v) is 11.4. The van der Waals surface area contributed by atoms with Crippen molar-refractivity contribution in [1.82, 2.24) is 14.7 Å². The van der Waals surface area contributed by atoms with Crippen LogP contribution in [-0.4, -0.2) is 46.9 Å². The molecule has 5 heteroatoms. The molecular formula is C14H21N3O2. The average Bonchev–Trinajstić information content (AvgIpc) is 2.86. The highest BCUT2D eigenvalue weighted by atomic mass is 16.5. The summed E-state index contributed by atoms with van der Waals surface area (Å²) in [5.74, 6) is 0.582. The van der Waals surface area contributed by atoms with Gasteiger partial charge in [-0.05, 0) is 24.8 Å². The second-order valence-electron chi connectivity index (χ2n) is 4.94. The Balaban J connectivity index is 1.79. The summed E-state index contributed by atoms with van der Waals surface area (Å²) in [6.45, 7) is 6.57. The van der Waals surface area contributed by atoms with Gasteiger partial charge in [0.2, 0.25) is 0 Å². The fraction of sp³-hybridized carbons (Fsp3) is 0.571. The summed E-state index contributed by atoms with van der Waals surface area (Å²) in [6.07, 6.45) is 5.55. The molecule has 0 unspecified atom stereocenters. The molecule has 0 bridgehead atoms. The quantitative estimate of drug-likeness (QED) is 0.597. The van der Waals surface area contributed by atoms with Crippen molar-refractivity contribution in [3.63, 3.8) is 0 Å². The zero-order chi connectivity index (χ0) is 13.7. The maximum Gasteiger partial charge on any atom is 0.274 e. The molecule has 0 aliphatic carbocycles. The number of ether oxygens (including phenoxy) is 1. The van der Waals surface area contributed by atoms with E-state index in [0.29, 0.717) is 18.2 Å². The number of aromatic nitrogens is 2. The fourth-order valence-corrected chi connectivity index (χ4v) is 2.31. The molecule has 1 aromatic heterocycles. The molecule has 0 radical (unpaired) electrons. The third-order valence-corrected chi connectivity index (χ3v) is 3.42. The van der Waals surface area contributed by atoms with Crippen LogP contribution < -0.4 is 0 Å². The van der Waals surface area contributed by atoms with E-state index in [0.717, 1.165) is 32.5 Å². The van der Waals surface area contributed by atoms with Crippen molar-refractivity contribution in [2.45, 2.75) is 12.8 Å². The molecule has 0 atom stereocenters. The third kappa shape index (κ3) is 3.67. The lowest BCUT2D eigenvalue weighted by molar-refractivity contribution is 0.0570. The number of hydrogen-bond acceptors (Lipinski definition) is 3. The van der Waals surface area contributed by atoms with Crippen molar-refractivity contribution in [3.8, 4) is 0 Å². The van der Waals surface area contributed by atoms with Crippen LogP contribution in [0.5, 0.6) is 0 Å². The van der Waals surface area contributed by atoms with Crippen LogP contribution in [0.3, 0.4) is 0 Å². The van der Waals surface area contributed by atoms with Gasteiger partial charge in [0, 0.05) is 32.9 Å². The Hall–Kier alpha value is -1.62. The zero-order valence-electron chi connectivity index (χ0n) is 11.4. The summed E-state index contributed by atoms with van der Waals surface area (Å²) >= 11 is 0. The Morgan fingerprint density at radius 3 is 2.89 bits per heavy atom. The molecular weight excluding hydrogens is 242 g/mol. The minimum absolute atomic E-state index is 0.0334. The number of piperidine rings is 1. The van der Waals surface area contributed by atoms with Crippen LogP contribution in [0.4, 0.5) is 0 Å². The van der Waals surface area contributed by atoms with Gasteiger partial charge in [-0.3, -0.25) is 9.48 Å². The van der Waals surface area contributed by atoms with Crippen molar-refractivity contribution in [2.24, 2.45) is 13.0 Å². The molecule has 104 valence electrons. The second kappa shape index (κ2) is 6.52. The number of hydrogen-bond donors (Lipinski definition) is 0. The maximum absolute atomic E-state index is 12.2. The molecule has 1 aromatic rings. The fourth-order valence-electron chi connectivity index (χ4n) is 2.31. The van der Waals surface area contributed by atoms with Gasteiger partial charge in [-0.1, -0.05) is 6.08 Å². The van der Waals surface area contributed by atoms with E-state index in [-0.39, 0.29) is 5.91 Å². The molecule has 2 heterocycles. The van der Waals surface area contributed by atoms with E-state index in [1.807, 2.05) is 11.9 Å². The number of aryl methyl sites for hydroxylation is 1. The summed E-state index contributed by atoms with van der Waals surface area (Å²) in [5, 5.41) is 4.16. The molecule has 0 saturated carbocycles. The Kier molecular flexibility index (Phi) is 4.74. The van der Waals surface area contributed by atoms with Crippen molar-refractivity contribution >= 4 is 5.91 Å². The lowest BCUT2D eigenvalue weighted by atomic mass is 9.97. The van der Waals surface area contributed by atoms with E-state index in [2.05, 4.69) is 11.7 Å². The summed E-state index contributed by atoms with van der Waals surface area (Å²) in [4.78, 5) is 14.1. The van der Waals surface area contributed by atoms with Gasteiger partial charge in [-0.15, -0.1) is 6.58 Å². The van der Waals surface area contributed by atoms with Crippen LogP contribution in [0.15, 0.2) is 24.9 Å². The van der Waals surface area contributed by atoms with Gasteiger partial charge in [-0.2, -0.15) is 5.10 Å². The van der Waals surface area contributed by atoms with Gasteiger partial charge >= 0.3 is 0 Å². The first-order chi connectivity index (χ1) is 9.20. The van der Waals surface area contributed by atoms with Gasteiger partial charge in [-0.25, -0.2) is 0 Å². The third-order valence-electron chi connectivity index (χ3n) is 3.42. The Bertz CT molecular complexity index is 434. The molecule has 19 heavy (non-hydrogen) atoms. The topological polar surface area (TPSA) is 47.4 Å². The van der Waals surface area contributed by atoms with Crippen molar-refractivity contribution in [3.05, 3.63) is 30.6 Å². The molecule has 0 N–H and O–H groups in total. The number of likely N-dealkylation sites (tertiary alicyclic amines) is 1. The molecule has 0 aromatic carbocycles. The minimum atomic E-state index is 0.0334. The highest BCUT2D eigenvalue weighted by molar-refractivity contribution is 5.92. The lowest BCUT2D eigenvalue weighted by Crippen LogP contribution is -2.39. The number of amides is 1. The lowest BCUT2D eigenvalue weighted by Gasteiger charge is -2.31. The molecule has 2 rings (SSSR count). The molecule has 1 saturated heterocycles. The van der Waals surface area contributed by atoms with Crippen molar-refractivity contribution in [1.29, 1.82) is 0 Å². The van der Waals surface area contributed by atoms with E-state index in [1.54, 1.807) is 23.0 Å². The summed E-state index contributed by atoms with van der Waals surface area (Å²) in [6, 6.07) is 1.77. The van der Waals surface area contributed by atoms with Gasteiger partial charge in [0.25, 0.3) is 5.91 Å². The van der Waals surface area contributed by atoms with Gasteiger partial charge < -0.3 is 9.64 Å². The van der Waals surface area contributed by atoms with E-state index < -0.39 is 0 Å². The maximum atomic E-state index is 12.2. The van der Waals surface area contributed by atoms with Gasteiger partial charge in [0.15, 0.2) is 0 Å². The van der Waals surface area contributed by atoms with E-state index in [9.17, 15) is 4.79 Å². The Morgan fingerprint density at radius 2 is 2.32 bits per heavy atom. The second-order valence-corrected chi connectivity index (χ2v) is 4.94.